The Balaban J connectivity index is 0.000000140. The molecule has 0 fully saturated rings. The van der Waals surface area contributed by atoms with Gasteiger partial charge in [-0.05, 0) is 78.9 Å². The first-order valence-corrected chi connectivity index (χ1v) is 19.6. The van der Waals surface area contributed by atoms with E-state index in [9.17, 15) is 10.2 Å². The average Bonchev–Trinajstić information content (AvgIpc) is 3.52. The first-order valence-electron chi connectivity index (χ1n) is 17.6. The molecule has 2 nitrogen and oxygen atoms in total. The Morgan fingerprint density at radius 3 is 0.849 bits per heavy atom. The van der Waals surface area contributed by atoms with Crippen LogP contribution in [0.15, 0.2) is 218 Å². The molecule has 0 aliphatic heterocycles. The minimum atomic E-state index is -0.491. The molecular formula is C49H40O2P2. The van der Waals surface area contributed by atoms with Gasteiger partial charge in [0.05, 0.1) is 5.41 Å². The van der Waals surface area contributed by atoms with Gasteiger partial charge in [-0.15, -0.1) is 0 Å². The van der Waals surface area contributed by atoms with E-state index in [1.54, 1.807) is 24.3 Å². The Morgan fingerprint density at radius 2 is 0.547 bits per heavy atom. The fourth-order valence-corrected chi connectivity index (χ4v) is 8.97. The van der Waals surface area contributed by atoms with Gasteiger partial charge in [-0.25, -0.2) is 0 Å². The van der Waals surface area contributed by atoms with Crippen molar-refractivity contribution in [3.63, 3.8) is 0 Å². The van der Waals surface area contributed by atoms with Crippen molar-refractivity contribution in [2.75, 3.05) is 0 Å². The summed E-state index contributed by atoms with van der Waals surface area (Å²) in [6.07, 6.45) is 0. The van der Waals surface area contributed by atoms with Crippen molar-refractivity contribution in [1.29, 1.82) is 0 Å². The lowest BCUT2D eigenvalue weighted by Crippen LogP contribution is -2.28. The molecule has 1 aliphatic carbocycles. The van der Waals surface area contributed by atoms with Gasteiger partial charge >= 0.3 is 0 Å². The predicted octanol–water partition coefficient (Wildman–Crippen LogP) is 10.1. The fourth-order valence-electron chi connectivity index (χ4n) is 6.87. The van der Waals surface area contributed by atoms with E-state index in [1.807, 2.05) is 24.3 Å². The zero-order valence-corrected chi connectivity index (χ0v) is 31.2. The summed E-state index contributed by atoms with van der Waals surface area (Å²) >= 11 is 0. The fraction of sp³-hybridized carbons (Fsp3) is 0.0204. The van der Waals surface area contributed by atoms with E-state index in [2.05, 4.69) is 170 Å². The van der Waals surface area contributed by atoms with Gasteiger partial charge in [-0.2, -0.15) is 0 Å². The number of fused-ring (bicyclic) bond motifs is 3. The van der Waals surface area contributed by atoms with Gasteiger partial charge < -0.3 is 10.2 Å². The molecule has 0 spiro atoms. The number of benzene rings is 8. The molecule has 0 saturated carbocycles. The number of hydrogen-bond acceptors (Lipinski definition) is 2. The SMILES string of the molecule is Oc1ccc(C2(c3ccc(O)cc3)c3ccccc3-c3ccccc32)cc1.c1ccc(Pc2ccccc2)cc1.c1ccc(Pc2ccccc2)cc1. The van der Waals surface area contributed by atoms with Crippen LogP contribution in [0, 0.1) is 0 Å². The van der Waals surface area contributed by atoms with Crippen LogP contribution in [0.5, 0.6) is 11.5 Å². The molecule has 9 rings (SSSR count). The molecule has 0 amide bonds. The lowest BCUT2D eigenvalue weighted by Gasteiger charge is -2.33. The third-order valence-electron chi connectivity index (χ3n) is 9.23. The summed E-state index contributed by atoms with van der Waals surface area (Å²) in [5.74, 6) is 0.498. The molecule has 53 heavy (non-hydrogen) atoms. The Labute approximate surface area is 316 Å². The zero-order valence-electron chi connectivity index (χ0n) is 29.2. The Morgan fingerprint density at radius 1 is 0.283 bits per heavy atom. The van der Waals surface area contributed by atoms with Crippen LogP contribution in [0.25, 0.3) is 11.1 Å². The number of aromatic hydroxyl groups is 2. The third kappa shape index (κ3) is 8.32. The maximum absolute atomic E-state index is 9.85. The van der Waals surface area contributed by atoms with Crippen LogP contribution in [0.2, 0.25) is 0 Å². The van der Waals surface area contributed by atoms with Gasteiger partial charge in [-0.1, -0.05) is 211 Å². The number of phenols is 2. The predicted molar refractivity (Wildman–Crippen MR) is 228 cm³/mol. The normalized spacial score (nSPS) is 11.8. The van der Waals surface area contributed by atoms with E-state index in [-0.39, 0.29) is 11.5 Å². The molecule has 0 heterocycles. The number of hydrogen-bond donors (Lipinski definition) is 2. The van der Waals surface area contributed by atoms with Gasteiger partial charge in [0, 0.05) is 0 Å². The van der Waals surface area contributed by atoms with Crippen molar-refractivity contribution in [3.8, 4) is 22.6 Å². The second-order valence-electron chi connectivity index (χ2n) is 12.6. The minimum Gasteiger partial charge on any atom is -0.508 e. The standard InChI is InChI=1S/C25H18O2.2C12H11P/c26-19-13-9-17(10-14-19)25(18-11-15-20(27)16-12-18)23-7-3-1-5-21(23)22-6-2-4-8-24(22)25;2*1-3-7-11(8-4-1)13-12-9-5-2-6-10-12/h1-16,26-27H;2*1-10,13H. The maximum Gasteiger partial charge on any atom is 0.115 e. The van der Waals surface area contributed by atoms with E-state index in [4.69, 9.17) is 0 Å². The van der Waals surface area contributed by atoms with Crippen LogP contribution in [-0.2, 0) is 5.41 Å². The molecule has 0 saturated heterocycles. The monoisotopic (exact) mass is 722 g/mol. The minimum absolute atomic E-state index is 0.249. The van der Waals surface area contributed by atoms with Gasteiger partial charge in [0.25, 0.3) is 0 Å². The number of phenolic OH excluding ortho intramolecular Hbond substituents is 2. The first-order chi connectivity index (χ1) is 26.1. The summed E-state index contributed by atoms with van der Waals surface area (Å²) in [6, 6.07) is 74.2. The van der Waals surface area contributed by atoms with Gasteiger partial charge in [-0.3, -0.25) is 0 Å². The average molecular weight is 723 g/mol. The van der Waals surface area contributed by atoms with E-state index < -0.39 is 5.41 Å². The third-order valence-corrected chi connectivity index (χ3v) is 11.7. The topological polar surface area (TPSA) is 40.5 Å². The van der Waals surface area contributed by atoms with Crippen LogP contribution >= 0.6 is 17.2 Å². The highest BCUT2D eigenvalue weighted by molar-refractivity contribution is 7.55. The smallest absolute Gasteiger partial charge is 0.115 e. The molecule has 1 aliphatic rings. The quantitative estimate of drug-likeness (QED) is 0.168. The van der Waals surface area contributed by atoms with Crippen molar-refractivity contribution in [2.24, 2.45) is 0 Å². The molecule has 8 aromatic carbocycles. The molecule has 0 unspecified atom stereocenters. The first kappa shape index (κ1) is 35.6. The summed E-state index contributed by atoms with van der Waals surface area (Å²) in [6.45, 7) is 0. The van der Waals surface area contributed by atoms with Crippen LogP contribution in [0.1, 0.15) is 22.3 Å². The highest BCUT2D eigenvalue weighted by Crippen LogP contribution is 2.56. The van der Waals surface area contributed by atoms with Crippen LogP contribution < -0.4 is 21.2 Å². The van der Waals surface area contributed by atoms with E-state index in [1.165, 1.54) is 43.5 Å². The largest absolute Gasteiger partial charge is 0.508 e. The molecule has 0 radical (unpaired) electrons. The van der Waals surface area contributed by atoms with Crippen molar-refractivity contribution in [1.82, 2.24) is 0 Å². The van der Waals surface area contributed by atoms with Gasteiger partial charge in [0.15, 0.2) is 0 Å². The molecule has 8 aromatic rings. The molecule has 4 heteroatoms. The van der Waals surface area contributed by atoms with Crippen molar-refractivity contribution >= 4 is 38.4 Å². The Bertz CT molecular complexity index is 2080. The highest BCUT2D eigenvalue weighted by Gasteiger charge is 2.45. The summed E-state index contributed by atoms with van der Waals surface area (Å²) in [5.41, 5.74) is 6.54. The Hall–Kier alpha value is -5.78. The lowest BCUT2D eigenvalue weighted by molar-refractivity contribution is 0.475. The van der Waals surface area contributed by atoms with Crippen LogP contribution in [0.3, 0.4) is 0 Å². The maximum atomic E-state index is 9.85. The van der Waals surface area contributed by atoms with E-state index in [0.29, 0.717) is 0 Å². The summed E-state index contributed by atoms with van der Waals surface area (Å²) < 4.78 is 0. The molecule has 0 aromatic heterocycles. The Kier molecular flexibility index (Phi) is 11.5. The molecule has 0 atom stereocenters. The van der Waals surface area contributed by atoms with E-state index in [0.717, 1.165) is 28.3 Å². The highest BCUT2D eigenvalue weighted by atomic mass is 31.1. The molecule has 0 bridgehead atoms. The van der Waals surface area contributed by atoms with Crippen molar-refractivity contribution in [3.05, 3.63) is 241 Å². The molecule has 258 valence electrons. The second kappa shape index (κ2) is 17.2. The van der Waals surface area contributed by atoms with Gasteiger partial charge in [0.1, 0.15) is 11.5 Å². The van der Waals surface area contributed by atoms with Crippen molar-refractivity contribution in [2.45, 2.75) is 5.41 Å². The van der Waals surface area contributed by atoms with Crippen molar-refractivity contribution < 1.29 is 10.2 Å². The summed E-state index contributed by atoms with van der Waals surface area (Å²) in [7, 11) is 1.55. The summed E-state index contributed by atoms with van der Waals surface area (Å²) in [4.78, 5) is 0. The zero-order chi connectivity index (χ0) is 36.3. The van der Waals surface area contributed by atoms with Crippen LogP contribution in [0.4, 0.5) is 0 Å². The van der Waals surface area contributed by atoms with E-state index >= 15 is 0 Å². The number of rotatable bonds is 6. The molecular weight excluding hydrogens is 682 g/mol. The van der Waals surface area contributed by atoms with Gasteiger partial charge in [0.2, 0.25) is 0 Å². The second-order valence-corrected chi connectivity index (χ2v) is 15.5. The lowest BCUT2D eigenvalue weighted by atomic mass is 9.68. The summed E-state index contributed by atoms with van der Waals surface area (Å²) in [5, 5.41) is 25.3. The molecule has 2 N–H and O–H groups in total. The van der Waals surface area contributed by atoms with Crippen LogP contribution in [-0.4, -0.2) is 10.2 Å².